The van der Waals surface area contributed by atoms with E-state index in [0.29, 0.717) is 19.6 Å². The minimum Gasteiger partial charge on any atom is -0.340 e. The van der Waals surface area contributed by atoms with Crippen molar-refractivity contribution in [1.82, 2.24) is 9.80 Å². The maximum Gasteiger partial charge on any atom is 0.242 e. The first-order valence-electron chi connectivity index (χ1n) is 9.49. The van der Waals surface area contributed by atoms with E-state index in [1.54, 1.807) is 4.90 Å². The second kappa shape index (κ2) is 8.45. The minimum absolute atomic E-state index is 0.153. The lowest BCUT2D eigenvalue weighted by molar-refractivity contribution is -0.146. The van der Waals surface area contributed by atoms with E-state index in [2.05, 4.69) is 0 Å². The average Bonchev–Trinajstić information content (AvgIpc) is 2.91. The molecule has 6 heteroatoms. The van der Waals surface area contributed by atoms with E-state index in [1.807, 2.05) is 30.3 Å². The molecule has 1 aromatic rings. The Morgan fingerprint density at radius 1 is 1.04 bits per heavy atom. The normalized spacial score (nSPS) is 22.4. The fourth-order valence-corrected chi connectivity index (χ4v) is 4.05. The Hall–Kier alpha value is -2.21. The zero-order valence-electron chi connectivity index (χ0n) is 15.1. The summed E-state index contributed by atoms with van der Waals surface area (Å²) in [5.74, 6) is -0.952. The Labute approximate surface area is 154 Å². The molecular formula is C20H27N3O3. The maximum atomic E-state index is 12.7. The van der Waals surface area contributed by atoms with E-state index < -0.39 is 0 Å². The highest BCUT2D eigenvalue weighted by atomic mass is 16.2. The van der Waals surface area contributed by atoms with Gasteiger partial charge in [0.2, 0.25) is 17.7 Å². The Kier molecular flexibility index (Phi) is 6.04. The Morgan fingerprint density at radius 3 is 2.23 bits per heavy atom. The molecule has 2 aliphatic rings. The van der Waals surface area contributed by atoms with Crippen molar-refractivity contribution in [3.8, 4) is 0 Å². The molecule has 1 aliphatic heterocycles. The number of hydrogen-bond donors (Lipinski definition) is 1. The summed E-state index contributed by atoms with van der Waals surface area (Å²) in [6.45, 7) is 1.16. The molecule has 2 unspecified atom stereocenters. The summed E-state index contributed by atoms with van der Waals surface area (Å²) < 4.78 is 0. The highest BCUT2D eigenvalue weighted by Crippen LogP contribution is 2.37. The Balaban J connectivity index is 1.62. The van der Waals surface area contributed by atoms with Crippen LogP contribution < -0.4 is 5.73 Å². The lowest BCUT2D eigenvalue weighted by atomic mass is 9.81. The van der Waals surface area contributed by atoms with Crippen LogP contribution in [0.15, 0.2) is 30.3 Å². The fraction of sp³-hybridized carbons (Fsp3) is 0.550. The van der Waals surface area contributed by atoms with Gasteiger partial charge in [0, 0.05) is 19.6 Å². The highest BCUT2D eigenvalue weighted by molar-refractivity contribution is 6.07. The third-order valence-electron chi connectivity index (χ3n) is 5.49. The van der Waals surface area contributed by atoms with Gasteiger partial charge in [0.15, 0.2) is 0 Å². The fourth-order valence-electron chi connectivity index (χ4n) is 4.05. The SMILES string of the molecule is NCCN(CCc1ccccc1)C(=O)CN1C(=O)C2CCCCC2C1=O. The number of hydrogen-bond acceptors (Lipinski definition) is 4. The van der Waals surface area contributed by atoms with Crippen molar-refractivity contribution in [3.63, 3.8) is 0 Å². The summed E-state index contributed by atoms with van der Waals surface area (Å²) in [5, 5.41) is 0. The number of nitrogens with zero attached hydrogens (tertiary/aromatic N) is 2. The van der Waals surface area contributed by atoms with E-state index in [1.165, 1.54) is 4.90 Å². The molecule has 3 amide bonds. The van der Waals surface area contributed by atoms with E-state index in [4.69, 9.17) is 5.73 Å². The van der Waals surface area contributed by atoms with Crippen molar-refractivity contribution in [1.29, 1.82) is 0 Å². The summed E-state index contributed by atoms with van der Waals surface area (Å²) in [6, 6.07) is 9.92. The molecule has 0 bridgehead atoms. The molecule has 1 aromatic carbocycles. The van der Waals surface area contributed by atoms with E-state index in [0.717, 1.165) is 37.7 Å². The standard InChI is InChI=1S/C20H27N3O3/c21-11-13-22(12-10-15-6-2-1-3-7-15)18(24)14-23-19(25)16-8-4-5-9-17(16)20(23)26/h1-3,6-7,16-17H,4-5,8-14,21H2. The molecule has 0 radical (unpaired) electrons. The van der Waals surface area contributed by atoms with Gasteiger partial charge in [0.25, 0.3) is 0 Å². The smallest absolute Gasteiger partial charge is 0.242 e. The van der Waals surface area contributed by atoms with Crippen LogP contribution >= 0.6 is 0 Å². The number of carbonyl (C=O) groups excluding carboxylic acids is 3. The van der Waals surface area contributed by atoms with Crippen molar-refractivity contribution in [2.75, 3.05) is 26.2 Å². The molecule has 2 fully saturated rings. The van der Waals surface area contributed by atoms with Crippen LogP contribution in [-0.2, 0) is 20.8 Å². The topological polar surface area (TPSA) is 83.7 Å². The van der Waals surface area contributed by atoms with E-state index >= 15 is 0 Å². The number of rotatable bonds is 7. The Morgan fingerprint density at radius 2 is 1.65 bits per heavy atom. The predicted octanol–water partition coefficient (Wildman–Crippen LogP) is 1.19. The quantitative estimate of drug-likeness (QED) is 0.743. The van der Waals surface area contributed by atoms with Gasteiger partial charge >= 0.3 is 0 Å². The van der Waals surface area contributed by atoms with Crippen molar-refractivity contribution in [2.45, 2.75) is 32.1 Å². The monoisotopic (exact) mass is 357 g/mol. The van der Waals surface area contributed by atoms with Crippen LogP contribution in [0.5, 0.6) is 0 Å². The first-order valence-corrected chi connectivity index (χ1v) is 9.49. The second-order valence-corrected chi connectivity index (χ2v) is 7.17. The van der Waals surface area contributed by atoms with Crippen molar-refractivity contribution >= 4 is 17.7 Å². The number of fused-ring (bicyclic) bond motifs is 1. The van der Waals surface area contributed by atoms with E-state index in [-0.39, 0.29) is 36.1 Å². The zero-order chi connectivity index (χ0) is 18.5. The van der Waals surface area contributed by atoms with Crippen LogP contribution in [0, 0.1) is 11.8 Å². The predicted molar refractivity (Wildman–Crippen MR) is 97.9 cm³/mol. The van der Waals surface area contributed by atoms with Gasteiger partial charge in [-0.25, -0.2) is 0 Å². The molecule has 3 rings (SSSR count). The largest absolute Gasteiger partial charge is 0.340 e. The number of nitrogens with two attached hydrogens (primary N) is 1. The van der Waals surface area contributed by atoms with Crippen molar-refractivity contribution in [3.05, 3.63) is 35.9 Å². The number of likely N-dealkylation sites (tertiary alicyclic amines) is 1. The third kappa shape index (κ3) is 3.96. The first kappa shape index (κ1) is 18.6. The molecule has 1 aliphatic carbocycles. The van der Waals surface area contributed by atoms with Crippen LogP contribution in [0.4, 0.5) is 0 Å². The van der Waals surface area contributed by atoms with Gasteiger partial charge < -0.3 is 10.6 Å². The Bertz CT molecular complexity index is 638. The number of imide groups is 1. The average molecular weight is 357 g/mol. The van der Waals surface area contributed by atoms with Crippen LogP contribution in [0.2, 0.25) is 0 Å². The van der Waals surface area contributed by atoms with E-state index in [9.17, 15) is 14.4 Å². The van der Waals surface area contributed by atoms with Gasteiger partial charge in [-0.2, -0.15) is 0 Å². The molecule has 1 saturated carbocycles. The molecular weight excluding hydrogens is 330 g/mol. The molecule has 26 heavy (non-hydrogen) atoms. The van der Waals surface area contributed by atoms with Gasteiger partial charge in [0.05, 0.1) is 11.8 Å². The van der Waals surface area contributed by atoms with Gasteiger partial charge in [-0.1, -0.05) is 43.2 Å². The van der Waals surface area contributed by atoms with Crippen LogP contribution in [0.3, 0.4) is 0 Å². The second-order valence-electron chi connectivity index (χ2n) is 7.17. The van der Waals surface area contributed by atoms with Gasteiger partial charge in [0.1, 0.15) is 6.54 Å². The van der Waals surface area contributed by atoms with Crippen LogP contribution in [-0.4, -0.2) is 53.7 Å². The minimum atomic E-state index is -0.212. The zero-order valence-corrected chi connectivity index (χ0v) is 15.1. The first-order chi connectivity index (χ1) is 12.6. The molecule has 6 nitrogen and oxygen atoms in total. The number of carbonyl (C=O) groups is 3. The highest BCUT2D eigenvalue weighted by Gasteiger charge is 2.48. The third-order valence-corrected chi connectivity index (χ3v) is 5.49. The molecule has 0 aromatic heterocycles. The summed E-state index contributed by atoms with van der Waals surface area (Å²) in [7, 11) is 0. The molecule has 1 heterocycles. The molecule has 2 atom stereocenters. The molecule has 140 valence electrons. The number of amides is 3. The maximum absolute atomic E-state index is 12.7. The molecule has 2 N–H and O–H groups in total. The number of benzene rings is 1. The molecule has 0 spiro atoms. The van der Waals surface area contributed by atoms with Crippen molar-refractivity contribution < 1.29 is 14.4 Å². The summed E-state index contributed by atoms with van der Waals surface area (Å²) >= 11 is 0. The van der Waals surface area contributed by atoms with Gasteiger partial charge in [-0.05, 0) is 24.8 Å². The lowest BCUT2D eigenvalue weighted by Crippen LogP contribution is -2.45. The van der Waals surface area contributed by atoms with Crippen LogP contribution in [0.25, 0.3) is 0 Å². The van der Waals surface area contributed by atoms with Gasteiger partial charge in [-0.15, -0.1) is 0 Å². The summed E-state index contributed by atoms with van der Waals surface area (Å²) in [5.41, 5.74) is 6.79. The van der Waals surface area contributed by atoms with Crippen molar-refractivity contribution in [2.24, 2.45) is 17.6 Å². The van der Waals surface area contributed by atoms with Gasteiger partial charge in [-0.3, -0.25) is 19.3 Å². The summed E-state index contributed by atoms with van der Waals surface area (Å²) in [4.78, 5) is 40.7. The molecule has 1 saturated heterocycles. The summed E-state index contributed by atoms with van der Waals surface area (Å²) in [6.07, 6.45) is 4.22. The lowest BCUT2D eigenvalue weighted by Gasteiger charge is -2.24. The van der Waals surface area contributed by atoms with Crippen LogP contribution in [0.1, 0.15) is 31.2 Å².